The Morgan fingerprint density at radius 2 is 2.29 bits per heavy atom. The Hall–Kier alpha value is -1.05. The van der Waals surface area contributed by atoms with E-state index in [4.69, 9.17) is 5.26 Å². The normalized spacial score (nSPS) is 14.0. The van der Waals surface area contributed by atoms with E-state index >= 15 is 0 Å². The van der Waals surface area contributed by atoms with Gasteiger partial charge in [0.2, 0.25) is 0 Å². The van der Waals surface area contributed by atoms with Gasteiger partial charge in [-0.2, -0.15) is 5.26 Å². The molecule has 1 atom stereocenters. The maximum atomic E-state index is 12.9. The topological polar surface area (TPSA) is 35.8 Å². The molecule has 0 spiro atoms. The van der Waals surface area contributed by atoms with Crippen LogP contribution in [0, 0.1) is 17.1 Å². The summed E-state index contributed by atoms with van der Waals surface area (Å²) in [6, 6.07) is 8.84. The first-order valence-corrected chi connectivity index (χ1v) is 6.57. The summed E-state index contributed by atoms with van der Waals surface area (Å²) in [4.78, 5) is 0.938. The van der Waals surface area contributed by atoms with Gasteiger partial charge >= 0.3 is 0 Å². The molecule has 1 unspecified atom stereocenters. The highest BCUT2D eigenvalue weighted by atomic mass is 32.2. The molecule has 92 valence electrons. The Labute approximate surface area is 106 Å². The maximum absolute atomic E-state index is 12.9. The van der Waals surface area contributed by atoms with Gasteiger partial charge in [0.05, 0.1) is 6.07 Å². The lowest BCUT2D eigenvalue weighted by Gasteiger charge is -2.20. The van der Waals surface area contributed by atoms with Crippen molar-refractivity contribution in [1.82, 2.24) is 5.32 Å². The van der Waals surface area contributed by atoms with Crippen LogP contribution in [0.5, 0.6) is 0 Å². The maximum Gasteiger partial charge on any atom is 0.124 e. The fraction of sp³-hybridized carbons (Fsp3) is 0.462. The van der Waals surface area contributed by atoms with E-state index in [1.807, 2.05) is 13.0 Å². The lowest BCUT2D eigenvalue weighted by atomic mass is 9.99. The molecule has 1 aromatic carbocycles. The van der Waals surface area contributed by atoms with Crippen molar-refractivity contribution in [1.29, 1.82) is 5.26 Å². The van der Waals surface area contributed by atoms with Crippen LogP contribution < -0.4 is 5.32 Å². The highest BCUT2D eigenvalue weighted by Gasteiger charge is 2.19. The van der Waals surface area contributed by atoms with Gasteiger partial charge in [0.1, 0.15) is 11.4 Å². The standard InChI is InChI=1S/C13H17FN2S/c1-13(10-15,16-2)7-4-8-17-12-6-3-5-11(14)9-12/h3,5-6,9,16H,4,7-8H2,1-2H3. The Morgan fingerprint density at radius 1 is 1.53 bits per heavy atom. The summed E-state index contributed by atoms with van der Waals surface area (Å²) >= 11 is 1.62. The van der Waals surface area contributed by atoms with Crippen LogP contribution in [0.2, 0.25) is 0 Å². The molecule has 0 heterocycles. The van der Waals surface area contributed by atoms with Gasteiger partial charge in [-0.05, 0) is 50.8 Å². The van der Waals surface area contributed by atoms with E-state index in [0.29, 0.717) is 0 Å². The molecule has 0 aliphatic heterocycles. The molecule has 17 heavy (non-hydrogen) atoms. The molecule has 0 amide bonds. The zero-order valence-corrected chi connectivity index (χ0v) is 11.0. The van der Waals surface area contributed by atoms with Crippen LogP contribution in [-0.2, 0) is 0 Å². The van der Waals surface area contributed by atoms with Crippen LogP contribution in [0.1, 0.15) is 19.8 Å². The molecule has 1 N–H and O–H groups in total. The van der Waals surface area contributed by atoms with Crippen molar-refractivity contribution < 1.29 is 4.39 Å². The number of hydrogen-bond donors (Lipinski definition) is 1. The zero-order valence-electron chi connectivity index (χ0n) is 10.2. The lowest BCUT2D eigenvalue weighted by Crippen LogP contribution is -2.37. The number of nitrogens with one attached hydrogen (secondary N) is 1. The SMILES string of the molecule is CNC(C)(C#N)CCCSc1cccc(F)c1. The van der Waals surface area contributed by atoms with Crippen LogP contribution in [-0.4, -0.2) is 18.3 Å². The Balaban J connectivity index is 2.32. The molecule has 2 nitrogen and oxygen atoms in total. The van der Waals surface area contributed by atoms with Crippen LogP contribution in [0.15, 0.2) is 29.2 Å². The highest BCUT2D eigenvalue weighted by Crippen LogP contribution is 2.21. The van der Waals surface area contributed by atoms with Crippen LogP contribution >= 0.6 is 11.8 Å². The smallest absolute Gasteiger partial charge is 0.124 e. The number of nitrogens with zero attached hydrogens (tertiary/aromatic N) is 1. The van der Waals surface area contributed by atoms with Crippen LogP contribution in [0.25, 0.3) is 0 Å². The molecular weight excluding hydrogens is 235 g/mol. The largest absolute Gasteiger partial charge is 0.303 e. The van der Waals surface area contributed by atoms with Crippen molar-refractivity contribution in [2.45, 2.75) is 30.2 Å². The summed E-state index contributed by atoms with van der Waals surface area (Å²) in [6.07, 6.45) is 1.72. The first-order valence-electron chi connectivity index (χ1n) is 5.58. The first-order chi connectivity index (χ1) is 8.09. The van der Waals surface area contributed by atoms with Gasteiger partial charge in [0.15, 0.2) is 0 Å². The number of halogens is 1. The van der Waals surface area contributed by atoms with Crippen molar-refractivity contribution in [2.24, 2.45) is 0 Å². The predicted molar refractivity (Wildman–Crippen MR) is 69.4 cm³/mol. The van der Waals surface area contributed by atoms with E-state index in [2.05, 4.69) is 11.4 Å². The van der Waals surface area contributed by atoms with E-state index in [9.17, 15) is 4.39 Å². The van der Waals surface area contributed by atoms with E-state index in [0.717, 1.165) is 23.5 Å². The molecule has 0 saturated carbocycles. The summed E-state index contributed by atoms with van der Waals surface area (Å²) in [5.41, 5.74) is -0.456. The second-order valence-corrected chi connectivity index (χ2v) is 5.27. The molecule has 1 rings (SSSR count). The molecule has 0 aliphatic carbocycles. The summed E-state index contributed by atoms with van der Waals surface area (Å²) in [5, 5.41) is 12.0. The van der Waals surface area contributed by atoms with Crippen LogP contribution in [0.3, 0.4) is 0 Å². The molecule has 0 radical (unpaired) electrons. The lowest BCUT2D eigenvalue weighted by molar-refractivity contribution is 0.451. The molecule has 0 bridgehead atoms. The Morgan fingerprint density at radius 3 is 2.88 bits per heavy atom. The third kappa shape index (κ3) is 4.76. The molecular formula is C13H17FN2S. The van der Waals surface area contributed by atoms with E-state index in [-0.39, 0.29) is 5.82 Å². The van der Waals surface area contributed by atoms with E-state index in [1.54, 1.807) is 24.9 Å². The number of thioether (sulfide) groups is 1. The quantitative estimate of drug-likeness (QED) is 0.624. The van der Waals surface area contributed by atoms with Gasteiger partial charge < -0.3 is 5.32 Å². The highest BCUT2D eigenvalue weighted by molar-refractivity contribution is 7.99. The van der Waals surface area contributed by atoms with Gasteiger partial charge in [-0.3, -0.25) is 0 Å². The average molecular weight is 252 g/mol. The van der Waals surface area contributed by atoms with Crippen molar-refractivity contribution in [2.75, 3.05) is 12.8 Å². The zero-order chi connectivity index (χ0) is 12.7. The van der Waals surface area contributed by atoms with Crippen LogP contribution in [0.4, 0.5) is 4.39 Å². The van der Waals surface area contributed by atoms with Crippen molar-refractivity contribution in [3.05, 3.63) is 30.1 Å². The minimum Gasteiger partial charge on any atom is -0.303 e. The van der Waals surface area contributed by atoms with Gasteiger partial charge in [-0.1, -0.05) is 6.07 Å². The van der Waals surface area contributed by atoms with E-state index in [1.165, 1.54) is 12.1 Å². The molecule has 0 saturated heterocycles. The summed E-state index contributed by atoms with van der Waals surface area (Å²) in [5.74, 6) is 0.690. The number of rotatable bonds is 6. The Kier molecular flexibility index (Phi) is 5.46. The minimum atomic E-state index is -0.456. The number of benzene rings is 1. The number of hydrogen-bond acceptors (Lipinski definition) is 3. The predicted octanol–water partition coefficient (Wildman–Crippen LogP) is 3.20. The summed E-state index contributed by atoms with van der Waals surface area (Å²) in [6.45, 7) is 1.89. The first kappa shape index (κ1) is 14.0. The summed E-state index contributed by atoms with van der Waals surface area (Å²) in [7, 11) is 1.79. The molecule has 0 fully saturated rings. The fourth-order valence-electron chi connectivity index (χ4n) is 1.41. The third-order valence-corrected chi connectivity index (χ3v) is 3.76. The third-order valence-electron chi connectivity index (χ3n) is 2.68. The van der Waals surface area contributed by atoms with E-state index < -0.39 is 5.54 Å². The molecule has 0 aliphatic rings. The fourth-order valence-corrected chi connectivity index (χ4v) is 2.30. The molecule has 4 heteroatoms. The Bertz CT molecular complexity index is 403. The van der Waals surface area contributed by atoms with Gasteiger partial charge in [0.25, 0.3) is 0 Å². The molecule has 1 aromatic rings. The minimum absolute atomic E-state index is 0.202. The monoisotopic (exact) mass is 252 g/mol. The average Bonchev–Trinajstić information content (AvgIpc) is 2.34. The van der Waals surface area contributed by atoms with Crippen molar-refractivity contribution >= 4 is 11.8 Å². The van der Waals surface area contributed by atoms with Crippen molar-refractivity contribution in [3.63, 3.8) is 0 Å². The molecule has 0 aromatic heterocycles. The number of nitriles is 1. The van der Waals surface area contributed by atoms with Gasteiger partial charge in [-0.15, -0.1) is 11.8 Å². The van der Waals surface area contributed by atoms with Gasteiger partial charge in [-0.25, -0.2) is 4.39 Å². The second-order valence-electron chi connectivity index (χ2n) is 4.10. The van der Waals surface area contributed by atoms with Gasteiger partial charge in [0, 0.05) is 4.90 Å². The summed E-state index contributed by atoms with van der Waals surface area (Å²) < 4.78 is 12.9. The van der Waals surface area contributed by atoms with Crippen molar-refractivity contribution in [3.8, 4) is 6.07 Å². The second kappa shape index (κ2) is 6.63.